The third kappa shape index (κ3) is 2.16. The van der Waals surface area contributed by atoms with Gasteiger partial charge in [-0.15, -0.1) is 0 Å². The van der Waals surface area contributed by atoms with Crippen molar-refractivity contribution in [2.45, 2.75) is 19.8 Å². The van der Waals surface area contributed by atoms with Gasteiger partial charge in [0.1, 0.15) is 5.41 Å². The van der Waals surface area contributed by atoms with Crippen LogP contribution in [-0.2, 0) is 14.3 Å². The Kier molecular flexibility index (Phi) is 2.88. The highest BCUT2D eigenvalue weighted by Gasteiger charge is 2.57. The van der Waals surface area contributed by atoms with Gasteiger partial charge in [-0.3, -0.25) is 9.59 Å². The Labute approximate surface area is 100.0 Å². The maximum atomic E-state index is 12.0. The summed E-state index contributed by atoms with van der Waals surface area (Å²) in [6.07, 6.45) is 1.13. The number of aryl methyl sites for hydroxylation is 1. The smallest absolute Gasteiger partial charge is 0.321 e. The Balaban J connectivity index is 2.10. The van der Waals surface area contributed by atoms with E-state index < -0.39 is 11.4 Å². The van der Waals surface area contributed by atoms with Crippen LogP contribution in [0.25, 0.3) is 0 Å². The Morgan fingerprint density at radius 3 is 2.59 bits per heavy atom. The van der Waals surface area contributed by atoms with Crippen molar-refractivity contribution >= 4 is 17.6 Å². The fraction of sp³-hybridized carbons (Fsp3) is 0.385. The molecule has 1 aromatic carbocycles. The lowest BCUT2D eigenvalue weighted by Gasteiger charge is -2.13. The van der Waals surface area contributed by atoms with Crippen LogP contribution in [-0.4, -0.2) is 19.0 Å². The summed E-state index contributed by atoms with van der Waals surface area (Å²) in [4.78, 5) is 23.5. The van der Waals surface area contributed by atoms with Gasteiger partial charge in [-0.1, -0.05) is 12.1 Å². The summed E-state index contributed by atoms with van der Waals surface area (Å²) >= 11 is 0. The monoisotopic (exact) mass is 233 g/mol. The molecule has 2 rings (SSSR count). The van der Waals surface area contributed by atoms with Crippen LogP contribution in [0.4, 0.5) is 5.69 Å². The van der Waals surface area contributed by atoms with E-state index in [0.717, 1.165) is 5.56 Å². The molecule has 1 aliphatic rings. The lowest BCUT2D eigenvalue weighted by Crippen LogP contribution is -2.32. The molecule has 1 aromatic rings. The molecule has 0 spiro atoms. The molecule has 0 saturated heterocycles. The fourth-order valence-corrected chi connectivity index (χ4v) is 1.82. The summed E-state index contributed by atoms with van der Waals surface area (Å²) in [6.45, 7) is 1.95. The minimum absolute atomic E-state index is 0.269. The van der Waals surface area contributed by atoms with Gasteiger partial charge in [-0.2, -0.15) is 0 Å². The molecule has 0 atom stereocenters. The van der Waals surface area contributed by atoms with Crippen LogP contribution in [0, 0.1) is 12.3 Å². The van der Waals surface area contributed by atoms with E-state index >= 15 is 0 Å². The van der Waals surface area contributed by atoms with E-state index in [2.05, 4.69) is 10.1 Å². The molecule has 1 aliphatic carbocycles. The number of amides is 1. The Bertz CT molecular complexity index is 463. The quantitative estimate of drug-likeness (QED) is 0.640. The summed E-state index contributed by atoms with van der Waals surface area (Å²) in [5.74, 6) is -0.711. The molecule has 4 heteroatoms. The number of nitrogens with one attached hydrogen (secondary N) is 1. The first-order valence-electron chi connectivity index (χ1n) is 5.55. The fourth-order valence-electron chi connectivity index (χ4n) is 1.82. The second-order valence-corrected chi connectivity index (χ2v) is 4.40. The molecule has 0 bridgehead atoms. The average Bonchev–Trinajstić information content (AvgIpc) is 3.09. The molecular weight excluding hydrogens is 218 g/mol. The molecule has 17 heavy (non-hydrogen) atoms. The standard InChI is InChI=1S/C13H15NO3/c1-9-4-3-5-10(8-9)14-11(15)13(6-7-13)12(16)17-2/h3-5,8H,6-7H2,1-2H3,(H,14,15). The Hall–Kier alpha value is -1.84. The number of rotatable bonds is 3. The van der Waals surface area contributed by atoms with E-state index in [4.69, 9.17) is 0 Å². The summed E-state index contributed by atoms with van der Waals surface area (Å²) < 4.78 is 4.66. The van der Waals surface area contributed by atoms with Gasteiger partial charge in [-0.25, -0.2) is 0 Å². The van der Waals surface area contributed by atoms with Crippen LogP contribution >= 0.6 is 0 Å². The van der Waals surface area contributed by atoms with E-state index in [9.17, 15) is 9.59 Å². The molecule has 0 unspecified atom stereocenters. The van der Waals surface area contributed by atoms with E-state index in [-0.39, 0.29) is 5.91 Å². The number of carbonyl (C=O) groups excluding carboxylic acids is 2. The van der Waals surface area contributed by atoms with E-state index in [0.29, 0.717) is 18.5 Å². The van der Waals surface area contributed by atoms with Crippen molar-refractivity contribution in [3.63, 3.8) is 0 Å². The molecule has 0 aromatic heterocycles. The Morgan fingerprint density at radius 1 is 1.35 bits per heavy atom. The first kappa shape index (κ1) is 11.6. The van der Waals surface area contributed by atoms with Crippen LogP contribution in [0.15, 0.2) is 24.3 Å². The highest BCUT2D eigenvalue weighted by Crippen LogP contribution is 2.47. The molecule has 1 amide bonds. The number of anilines is 1. The van der Waals surface area contributed by atoms with Crippen molar-refractivity contribution in [1.29, 1.82) is 0 Å². The normalized spacial score (nSPS) is 16.1. The summed E-state index contributed by atoms with van der Waals surface area (Å²) in [7, 11) is 1.31. The van der Waals surface area contributed by atoms with Gasteiger partial charge in [0.15, 0.2) is 0 Å². The molecule has 1 fully saturated rings. The number of benzene rings is 1. The largest absolute Gasteiger partial charge is 0.468 e. The third-order valence-corrected chi connectivity index (χ3v) is 3.04. The van der Waals surface area contributed by atoms with Crippen LogP contribution < -0.4 is 5.32 Å². The summed E-state index contributed by atoms with van der Waals surface area (Å²) in [5, 5.41) is 2.76. The van der Waals surface area contributed by atoms with Gasteiger partial charge in [0.2, 0.25) is 5.91 Å². The number of carbonyl (C=O) groups is 2. The van der Waals surface area contributed by atoms with Gasteiger partial charge in [0.25, 0.3) is 0 Å². The zero-order chi connectivity index (χ0) is 12.5. The van der Waals surface area contributed by atoms with Gasteiger partial charge in [0, 0.05) is 5.69 Å². The first-order chi connectivity index (χ1) is 8.08. The minimum atomic E-state index is -0.946. The second-order valence-electron chi connectivity index (χ2n) is 4.40. The minimum Gasteiger partial charge on any atom is -0.468 e. The molecule has 1 N–H and O–H groups in total. The molecule has 0 aliphatic heterocycles. The van der Waals surface area contributed by atoms with Crippen molar-refractivity contribution < 1.29 is 14.3 Å². The number of hydrogen-bond acceptors (Lipinski definition) is 3. The van der Waals surface area contributed by atoms with E-state index in [1.165, 1.54) is 7.11 Å². The van der Waals surface area contributed by atoms with Crippen molar-refractivity contribution in [1.82, 2.24) is 0 Å². The summed E-state index contributed by atoms with van der Waals surface area (Å²) in [5.41, 5.74) is 0.828. The maximum Gasteiger partial charge on any atom is 0.321 e. The highest BCUT2D eigenvalue weighted by atomic mass is 16.5. The zero-order valence-corrected chi connectivity index (χ0v) is 9.95. The number of methoxy groups -OCH3 is 1. The van der Waals surface area contributed by atoms with Crippen molar-refractivity contribution in [2.24, 2.45) is 5.41 Å². The predicted octanol–water partition coefficient (Wildman–Crippen LogP) is 1.89. The average molecular weight is 233 g/mol. The second kappa shape index (κ2) is 4.20. The van der Waals surface area contributed by atoms with Crippen LogP contribution in [0.1, 0.15) is 18.4 Å². The molecule has 4 nitrogen and oxygen atoms in total. The van der Waals surface area contributed by atoms with Crippen LogP contribution in [0.5, 0.6) is 0 Å². The first-order valence-corrected chi connectivity index (χ1v) is 5.55. The number of hydrogen-bond donors (Lipinski definition) is 1. The summed E-state index contributed by atoms with van der Waals surface area (Å²) in [6, 6.07) is 7.48. The topological polar surface area (TPSA) is 55.4 Å². The van der Waals surface area contributed by atoms with E-state index in [1.807, 2.05) is 25.1 Å². The van der Waals surface area contributed by atoms with Crippen molar-refractivity contribution in [3.05, 3.63) is 29.8 Å². The number of esters is 1. The molecule has 0 radical (unpaired) electrons. The molecule has 90 valence electrons. The molecule has 1 saturated carbocycles. The highest BCUT2D eigenvalue weighted by molar-refractivity contribution is 6.11. The predicted molar refractivity (Wildman–Crippen MR) is 63.5 cm³/mol. The van der Waals surface area contributed by atoms with Gasteiger partial charge in [-0.05, 0) is 37.5 Å². The molecular formula is C13H15NO3. The van der Waals surface area contributed by atoms with Crippen molar-refractivity contribution in [3.8, 4) is 0 Å². The third-order valence-electron chi connectivity index (χ3n) is 3.04. The maximum absolute atomic E-state index is 12.0. The molecule has 0 heterocycles. The van der Waals surface area contributed by atoms with E-state index in [1.54, 1.807) is 6.07 Å². The lowest BCUT2D eigenvalue weighted by atomic mass is 10.1. The van der Waals surface area contributed by atoms with Gasteiger partial charge >= 0.3 is 5.97 Å². The van der Waals surface area contributed by atoms with Crippen LogP contribution in [0.2, 0.25) is 0 Å². The SMILES string of the molecule is COC(=O)C1(C(=O)Nc2cccc(C)c2)CC1. The Morgan fingerprint density at radius 2 is 2.06 bits per heavy atom. The van der Waals surface area contributed by atoms with Crippen LogP contribution in [0.3, 0.4) is 0 Å². The van der Waals surface area contributed by atoms with Crippen molar-refractivity contribution in [2.75, 3.05) is 12.4 Å². The van der Waals surface area contributed by atoms with Gasteiger partial charge < -0.3 is 10.1 Å². The van der Waals surface area contributed by atoms with Gasteiger partial charge in [0.05, 0.1) is 7.11 Å². The lowest BCUT2D eigenvalue weighted by molar-refractivity contribution is -0.150. The zero-order valence-electron chi connectivity index (χ0n) is 9.95. The number of ether oxygens (including phenoxy) is 1.